The molecule has 9 aromatic heterocycles. The molecule has 0 spiro atoms. The molecule has 0 saturated carbocycles. The normalized spacial score (nSPS) is 16.1. The van der Waals surface area contributed by atoms with Crippen molar-refractivity contribution in [3.05, 3.63) is 267 Å². The first-order chi connectivity index (χ1) is 47.5. The molecule has 0 unspecified atom stereocenters. The van der Waals surface area contributed by atoms with Gasteiger partial charge in [0.05, 0.1) is 0 Å². The molecular formula is C77H53N3O6S3Se6Si3. The van der Waals surface area contributed by atoms with Crippen LogP contribution in [-0.4, -0.2) is 146 Å². The summed E-state index contributed by atoms with van der Waals surface area (Å²) in [5.74, 6) is -0.613. The van der Waals surface area contributed by atoms with Crippen LogP contribution in [0.25, 0.3) is 18.2 Å². The zero-order valence-corrected chi connectivity index (χ0v) is 68.6. The molecule has 13 aromatic rings. The zero-order valence-electron chi connectivity index (χ0n) is 52.9. The monoisotopic (exact) mass is 1770 g/mol. The van der Waals surface area contributed by atoms with Crippen molar-refractivity contribution in [3.63, 3.8) is 0 Å². The molecule has 3 aliphatic carbocycles. The van der Waals surface area contributed by atoms with E-state index < -0.39 is 24.2 Å². The Hall–Kier alpha value is -6.73. The average molecular weight is 1770 g/mol. The number of nitrogens with zero attached hydrogens (tertiary/aromatic N) is 3. The number of anilines is 9. The molecule has 3 aliphatic heterocycles. The van der Waals surface area contributed by atoms with E-state index in [4.69, 9.17) is 0 Å². The fourth-order valence-electron chi connectivity index (χ4n) is 14.3. The Bertz CT molecular complexity index is 5460. The van der Waals surface area contributed by atoms with Crippen molar-refractivity contribution in [3.8, 4) is 0 Å². The van der Waals surface area contributed by atoms with Gasteiger partial charge in [0.1, 0.15) is 0 Å². The summed E-state index contributed by atoms with van der Waals surface area (Å²) in [5.41, 5.74) is 8.45. The number of carbonyl (C=O) groups is 6. The van der Waals surface area contributed by atoms with E-state index in [0.717, 1.165) is 13.3 Å². The summed E-state index contributed by atoms with van der Waals surface area (Å²) in [6.45, 7) is 12.2. The molecule has 6 aliphatic rings. The Kier molecular flexibility index (Phi) is 16.6. The number of Topliss-reactive ketones (excluding diaryl/α,β-unsaturated/α-hetero) is 6. The second-order valence-corrected chi connectivity index (χ2v) is 52.3. The van der Waals surface area contributed by atoms with Gasteiger partial charge in [-0.15, -0.1) is 0 Å². The van der Waals surface area contributed by atoms with E-state index in [2.05, 4.69) is 221 Å². The van der Waals surface area contributed by atoms with Crippen molar-refractivity contribution in [2.45, 2.75) is 32.7 Å². The van der Waals surface area contributed by atoms with E-state index in [1.165, 1.54) is 82.1 Å². The number of hydrogen-bond donors (Lipinski definition) is 0. The van der Waals surface area contributed by atoms with Crippen molar-refractivity contribution in [1.29, 1.82) is 0 Å². The van der Waals surface area contributed by atoms with Crippen LogP contribution in [0.15, 0.2) is 220 Å². The molecular weight excluding hydrogens is 1720 g/mol. The second kappa shape index (κ2) is 25.1. The Balaban J connectivity index is 0.000000111. The topological polar surface area (TPSA) is 112 Å². The average Bonchev–Trinajstić information content (AvgIpc) is 1.11. The number of benzene rings is 4. The quantitative estimate of drug-likeness (QED) is 0.0875. The fraction of sp³-hybridized carbons (Fsp3) is 0.0649. The first kappa shape index (κ1) is 64.6. The summed E-state index contributed by atoms with van der Waals surface area (Å²) >= 11 is 5.87. The Morgan fingerprint density at radius 2 is 0.622 bits per heavy atom. The van der Waals surface area contributed by atoms with Crippen LogP contribution in [0.3, 0.4) is 0 Å². The maximum absolute atomic E-state index is 12.9. The van der Waals surface area contributed by atoms with Crippen LogP contribution in [0.1, 0.15) is 75.5 Å². The van der Waals surface area contributed by atoms with Gasteiger partial charge in [0.2, 0.25) is 0 Å². The van der Waals surface area contributed by atoms with Crippen LogP contribution in [-0.2, 0) is 0 Å². The minimum absolute atomic E-state index is 0.0232. The van der Waals surface area contributed by atoms with Gasteiger partial charge >= 0.3 is 623 Å². The molecule has 0 radical (unpaired) electrons. The van der Waals surface area contributed by atoms with Crippen molar-refractivity contribution in [2.24, 2.45) is 0 Å². The van der Waals surface area contributed by atoms with Crippen LogP contribution < -0.4 is 51.0 Å². The van der Waals surface area contributed by atoms with Gasteiger partial charge in [-0.1, -0.05) is 0 Å². The van der Waals surface area contributed by atoms with Gasteiger partial charge in [-0.05, 0) is 0 Å². The van der Waals surface area contributed by atoms with Crippen LogP contribution in [0.4, 0.5) is 45.7 Å². The van der Waals surface area contributed by atoms with Crippen molar-refractivity contribution >= 4 is 280 Å². The van der Waals surface area contributed by atoms with Crippen molar-refractivity contribution < 1.29 is 28.8 Å². The van der Waals surface area contributed by atoms with Gasteiger partial charge in [-0.2, -0.15) is 0 Å². The fourth-order valence-corrected chi connectivity index (χ4v) is 41.0. The van der Waals surface area contributed by atoms with E-state index in [9.17, 15) is 28.8 Å². The van der Waals surface area contributed by atoms with Crippen LogP contribution in [0.2, 0.25) is 32.7 Å². The SMILES string of the molecule is C[Si]1(C)c2ccccc2N(c2ccc(C=C3C(=O)c4c[se]cc4C3=O)[se]2)c2sccc21.C[Si]1(C)c2ccsc2N(c2ccc(C=C3C(=O)c4c[se]cc4C3=O)[se]2)c2sccc21.C[Si]1(c2ccccc2)c2ccccc2N(c2ccc(C=C3C(=O)c4c[se]cc4C3=O)[se]2)c2ccccc21. The summed E-state index contributed by atoms with van der Waals surface area (Å²) in [5, 5.41) is 20.8. The number of allylic oxidation sites excluding steroid dienone is 3. The maximum atomic E-state index is 12.9. The van der Waals surface area contributed by atoms with Crippen molar-refractivity contribution in [2.75, 3.05) is 14.7 Å². The Labute approximate surface area is 616 Å². The summed E-state index contributed by atoms with van der Waals surface area (Å²) < 4.78 is 6.94. The standard InChI is InChI=1S/C31H21NO2Se2Si.C24H17NO2SSe2Si.C22H15NO2S2Se2Si/c1-37(21-9-3-2-4-10-21)27-13-7-5-11-25(27)32(26-12-6-8-14-28(26)37)29-16-15-20(36-29)17-22-30(33)23-18-35-19-24(23)31(22)34;1-31(2)19-6-4-3-5-18(19)25(24-20(31)9-10-28-24)21-8-7-14(30-21)11-15-22(26)16-12-29-13-17(16)23(15)27;1-30(2)16-5-7-26-21(16)23(22-17(30)6-8-27-22)18-4-3-12(29-18)9-13-19(24)14-10-28-11-15(14)20(13)25/h2-19H,1H3;3-13H,1-2H3;3-11H,1-2H3. The number of ketones is 6. The molecule has 21 heteroatoms. The first-order valence-corrected chi connectivity index (χ1v) is 53.6. The third-order valence-electron chi connectivity index (χ3n) is 19.4. The van der Waals surface area contributed by atoms with Gasteiger partial charge in [-0.3, -0.25) is 0 Å². The second-order valence-electron chi connectivity index (χ2n) is 25.5. The van der Waals surface area contributed by atoms with Crippen LogP contribution >= 0.6 is 34.0 Å². The number of thiophene rings is 3. The Morgan fingerprint density at radius 3 is 1.01 bits per heavy atom. The summed E-state index contributed by atoms with van der Waals surface area (Å²) in [7, 11) is -5.62. The predicted octanol–water partition coefficient (Wildman–Crippen LogP) is 12.1. The van der Waals surface area contributed by atoms with Crippen LogP contribution in [0.5, 0.6) is 0 Å². The summed E-state index contributed by atoms with van der Waals surface area (Å²) in [6.07, 6.45) is 5.52. The summed E-state index contributed by atoms with van der Waals surface area (Å²) in [6, 6.07) is 57.0. The number of rotatable bonds is 7. The third-order valence-corrected chi connectivity index (χ3v) is 45.2. The molecule has 9 nitrogen and oxygen atoms in total. The molecule has 0 amide bonds. The molecule has 19 rings (SSSR count). The van der Waals surface area contributed by atoms with Gasteiger partial charge in [0.25, 0.3) is 0 Å². The van der Waals surface area contributed by atoms with Crippen molar-refractivity contribution in [1.82, 2.24) is 0 Å². The van der Waals surface area contributed by atoms with Gasteiger partial charge in [0.15, 0.2) is 0 Å². The molecule has 4 aromatic carbocycles. The van der Waals surface area contributed by atoms with E-state index in [1.54, 1.807) is 11.3 Å². The molecule has 0 saturated heterocycles. The molecule has 0 N–H and O–H groups in total. The van der Waals surface area contributed by atoms with Gasteiger partial charge < -0.3 is 0 Å². The molecule has 0 bridgehead atoms. The van der Waals surface area contributed by atoms with E-state index in [-0.39, 0.29) is 122 Å². The third kappa shape index (κ3) is 10.3. The van der Waals surface area contributed by atoms with E-state index in [1.807, 2.05) is 70.5 Å². The first-order valence-electron chi connectivity index (χ1n) is 31.4. The van der Waals surface area contributed by atoms with E-state index in [0.29, 0.717) is 50.1 Å². The zero-order chi connectivity index (χ0) is 67.1. The molecule has 0 fully saturated rings. The Morgan fingerprint density at radius 1 is 0.316 bits per heavy atom. The molecule has 12 heterocycles. The molecule has 98 heavy (non-hydrogen) atoms. The van der Waals surface area contributed by atoms with Crippen LogP contribution in [0, 0.1) is 0 Å². The number of carbonyl (C=O) groups excluding carboxylic acids is 6. The van der Waals surface area contributed by atoms with Gasteiger partial charge in [0, 0.05) is 0 Å². The summed E-state index contributed by atoms with van der Waals surface area (Å²) in [4.78, 5) is 95.3. The van der Waals surface area contributed by atoms with Gasteiger partial charge in [-0.25, -0.2) is 0 Å². The molecule has 0 atom stereocenters. The van der Waals surface area contributed by atoms with E-state index >= 15 is 0 Å². The number of hydrogen-bond acceptors (Lipinski definition) is 12. The minimum atomic E-state index is -2.22. The number of para-hydroxylation sites is 3. The predicted molar refractivity (Wildman–Crippen MR) is 418 cm³/mol. The molecule has 478 valence electrons. The number of fused-ring (bicyclic) bond motifs is 9.